The van der Waals surface area contributed by atoms with E-state index in [4.69, 9.17) is 10.8 Å². The van der Waals surface area contributed by atoms with Crippen LogP contribution in [0.1, 0.15) is 35.9 Å². The Balaban J connectivity index is 2.33. The summed E-state index contributed by atoms with van der Waals surface area (Å²) in [7, 11) is 3.97. The van der Waals surface area contributed by atoms with E-state index in [0.29, 0.717) is 23.3 Å². The van der Waals surface area contributed by atoms with Crippen molar-refractivity contribution >= 4 is 28.7 Å². The van der Waals surface area contributed by atoms with E-state index in [9.17, 15) is 4.79 Å². The molecule has 1 aromatic carbocycles. The maximum atomic E-state index is 11.2. The number of fused-ring (bicyclic) bond motifs is 1. The zero-order valence-electron chi connectivity index (χ0n) is 14.3. The number of carbonyl (C=O) groups excluding carboxylic acids is 1. The SMILES string of the molecule is CC(C)c1nn(-c2cccc(N(C)C)c2)c2nc(C=O)cc(N)c12. The highest BCUT2D eigenvalue weighted by Crippen LogP contribution is 2.31. The van der Waals surface area contributed by atoms with Crippen molar-refractivity contribution in [3.05, 3.63) is 41.7 Å². The van der Waals surface area contributed by atoms with Crippen molar-refractivity contribution in [3.63, 3.8) is 0 Å². The molecule has 0 saturated carbocycles. The molecule has 0 atom stereocenters. The van der Waals surface area contributed by atoms with Gasteiger partial charge in [0.15, 0.2) is 11.9 Å². The molecule has 0 amide bonds. The molecule has 0 unspecified atom stereocenters. The van der Waals surface area contributed by atoms with E-state index in [-0.39, 0.29) is 5.92 Å². The third-order valence-corrected chi connectivity index (χ3v) is 3.97. The summed E-state index contributed by atoms with van der Waals surface area (Å²) in [6.07, 6.45) is 0.707. The molecule has 0 spiro atoms. The van der Waals surface area contributed by atoms with Gasteiger partial charge < -0.3 is 10.6 Å². The van der Waals surface area contributed by atoms with E-state index in [1.807, 2.05) is 43.3 Å². The summed E-state index contributed by atoms with van der Waals surface area (Å²) in [5, 5.41) is 5.55. The van der Waals surface area contributed by atoms with Crippen molar-refractivity contribution in [1.29, 1.82) is 0 Å². The van der Waals surface area contributed by atoms with Crippen molar-refractivity contribution in [2.45, 2.75) is 19.8 Å². The second-order valence-corrected chi connectivity index (χ2v) is 6.32. The fourth-order valence-electron chi connectivity index (χ4n) is 2.74. The van der Waals surface area contributed by atoms with Gasteiger partial charge in [-0.1, -0.05) is 19.9 Å². The van der Waals surface area contributed by atoms with E-state index in [2.05, 4.69) is 18.8 Å². The molecule has 2 aromatic heterocycles. The lowest BCUT2D eigenvalue weighted by atomic mass is 10.1. The first-order chi connectivity index (χ1) is 11.4. The van der Waals surface area contributed by atoms with Crippen LogP contribution < -0.4 is 10.6 Å². The van der Waals surface area contributed by atoms with Crippen molar-refractivity contribution in [1.82, 2.24) is 14.8 Å². The molecule has 2 N–H and O–H groups in total. The Morgan fingerprint density at radius 1 is 1.25 bits per heavy atom. The number of benzene rings is 1. The van der Waals surface area contributed by atoms with Crippen molar-refractivity contribution in [2.24, 2.45) is 0 Å². The standard InChI is InChI=1S/C18H21N5O/c1-11(2)17-16-15(19)8-12(10-24)20-18(16)23(21-17)14-7-5-6-13(9-14)22(3)4/h5-11H,1-4H3,(H2,19,20). The number of nitrogens with two attached hydrogens (primary N) is 1. The molecule has 2 heterocycles. The third-order valence-electron chi connectivity index (χ3n) is 3.97. The van der Waals surface area contributed by atoms with Gasteiger partial charge in [0.05, 0.1) is 16.8 Å². The number of rotatable bonds is 4. The lowest BCUT2D eigenvalue weighted by molar-refractivity contribution is 0.111. The van der Waals surface area contributed by atoms with Gasteiger partial charge in [-0.15, -0.1) is 0 Å². The van der Waals surface area contributed by atoms with Crippen LogP contribution in [0.5, 0.6) is 0 Å². The first-order valence-corrected chi connectivity index (χ1v) is 7.84. The Morgan fingerprint density at radius 2 is 2.00 bits per heavy atom. The van der Waals surface area contributed by atoms with Crippen LogP contribution in [-0.4, -0.2) is 35.1 Å². The van der Waals surface area contributed by atoms with Crippen molar-refractivity contribution in [3.8, 4) is 5.69 Å². The maximum absolute atomic E-state index is 11.2. The minimum Gasteiger partial charge on any atom is -0.398 e. The number of carbonyl (C=O) groups is 1. The molecule has 24 heavy (non-hydrogen) atoms. The smallest absolute Gasteiger partial charge is 0.168 e. The van der Waals surface area contributed by atoms with E-state index in [0.717, 1.165) is 22.5 Å². The second-order valence-electron chi connectivity index (χ2n) is 6.32. The third kappa shape index (κ3) is 2.60. The Morgan fingerprint density at radius 3 is 2.62 bits per heavy atom. The van der Waals surface area contributed by atoms with Gasteiger partial charge in [0.2, 0.25) is 0 Å². The zero-order chi connectivity index (χ0) is 17.4. The van der Waals surface area contributed by atoms with E-state index in [1.54, 1.807) is 10.7 Å². The molecule has 6 nitrogen and oxygen atoms in total. The van der Waals surface area contributed by atoms with Crippen LogP contribution in [-0.2, 0) is 0 Å². The number of aldehydes is 1. The predicted molar refractivity (Wildman–Crippen MR) is 97.1 cm³/mol. The first-order valence-electron chi connectivity index (χ1n) is 7.84. The van der Waals surface area contributed by atoms with Crippen LogP contribution in [0.3, 0.4) is 0 Å². The number of nitrogens with zero attached hydrogens (tertiary/aromatic N) is 4. The average molecular weight is 323 g/mol. The van der Waals surface area contributed by atoms with E-state index in [1.165, 1.54) is 0 Å². The highest BCUT2D eigenvalue weighted by atomic mass is 16.1. The normalized spacial score (nSPS) is 11.2. The summed E-state index contributed by atoms with van der Waals surface area (Å²) in [5.41, 5.74) is 10.4. The second kappa shape index (κ2) is 5.96. The van der Waals surface area contributed by atoms with Crippen molar-refractivity contribution in [2.75, 3.05) is 24.7 Å². The van der Waals surface area contributed by atoms with E-state index >= 15 is 0 Å². The number of hydrogen-bond acceptors (Lipinski definition) is 5. The van der Waals surface area contributed by atoms with Gasteiger partial charge >= 0.3 is 0 Å². The quantitative estimate of drug-likeness (QED) is 0.747. The van der Waals surface area contributed by atoms with Gasteiger partial charge in [-0.2, -0.15) is 5.10 Å². The molecular weight excluding hydrogens is 302 g/mol. The lowest BCUT2D eigenvalue weighted by Gasteiger charge is -2.13. The van der Waals surface area contributed by atoms with Crippen LogP contribution in [0.4, 0.5) is 11.4 Å². The average Bonchev–Trinajstić information content (AvgIpc) is 2.95. The summed E-state index contributed by atoms with van der Waals surface area (Å²) in [6.45, 7) is 4.13. The molecule has 3 aromatic rings. The molecule has 0 bridgehead atoms. The zero-order valence-corrected chi connectivity index (χ0v) is 14.3. The lowest BCUT2D eigenvalue weighted by Crippen LogP contribution is -2.09. The first kappa shape index (κ1) is 16.0. The molecule has 0 aliphatic heterocycles. The van der Waals surface area contributed by atoms with Gasteiger partial charge in [0.1, 0.15) is 5.69 Å². The highest BCUT2D eigenvalue weighted by molar-refractivity contribution is 5.94. The molecular formula is C18H21N5O. The fourth-order valence-corrected chi connectivity index (χ4v) is 2.74. The molecule has 0 radical (unpaired) electrons. The van der Waals surface area contributed by atoms with Crippen LogP contribution >= 0.6 is 0 Å². The van der Waals surface area contributed by atoms with Gasteiger partial charge in [-0.25, -0.2) is 9.67 Å². The Labute approximate surface area is 140 Å². The van der Waals surface area contributed by atoms with Crippen LogP contribution in [0.25, 0.3) is 16.7 Å². The predicted octanol–water partition coefficient (Wildman–Crippen LogP) is 3.00. The molecule has 0 fully saturated rings. The molecule has 124 valence electrons. The number of nitrogen functional groups attached to an aromatic ring is 1. The molecule has 3 rings (SSSR count). The summed E-state index contributed by atoms with van der Waals surface area (Å²) < 4.78 is 1.76. The van der Waals surface area contributed by atoms with Gasteiger partial charge in [0, 0.05) is 25.5 Å². The van der Waals surface area contributed by atoms with Crippen LogP contribution in [0.2, 0.25) is 0 Å². The summed E-state index contributed by atoms with van der Waals surface area (Å²) in [4.78, 5) is 17.7. The topological polar surface area (TPSA) is 77.0 Å². The van der Waals surface area contributed by atoms with Crippen LogP contribution in [0.15, 0.2) is 30.3 Å². The Kier molecular flexibility index (Phi) is 3.97. The Bertz CT molecular complexity index is 911. The number of aromatic nitrogens is 3. The largest absolute Gasteiger partial charge is 0.398 e. The molecule has 0 aliphatic rings. The van der Waals surface area contributed by atoms with Crippen molar-refractivity contribution < 1.29 is 4.79 Å². The molecule has 0 saturated heterocycles. The van der Waals surface area contributed by atoms with Gasteiger partial charge in [0.25, 0.3) is 0 Å². The fraction of sp³-hybridized carbons (Fsp3) is 0.278. The van der Waals surface area contributed by atoms with Crippen LogP contribution in [0, 0.1) is 0 Å². The molecule has 6 heteroatoms. The maximum Gasteiger partial charge on any atom is 0.168 e. The number of pyridine rings is 1. The van der Waals surface area contributed by atoms with Gasteiger partial charge in [-0.3, -0.25) is 4.79 Å². The number of anilines is 2. The summed E-state index contributed by atoms with van der Waals surface area (Å²) in [5.74, 6) is 0.192. The van der Waals surface area contributed by atoms with Gasteiger partial charge in [-0.05, 0) is 30.2 Å². The molecule has 0 aliphatic carbocycles. The Hall–Kier alpha value is -2.89. The highest BCUT2D eigenvalue weighted by Gasteiger charge is 2.19. The minimum atomic E-state index is 0.192. The minimum absolute atomic E-state index is 0.192. The monoisotopic (exact) mass is 323 g/mol. The summed E-state index contributed by atoms with van der Waals surface area (Å²) in [6, 6.07) is 9.60. The summed E-state index contributed by atoms with van der Waals surface area (Å²) >= 11 is 0. The van der Waals surface area contributed by atoms with E-state index < -0.39 is 0 Å². The number of hydrogen-bond donors (Lipinski definition) is 1.